The molecule has 0 saturated heterocycles. The Morgan fingerprint density at radius 3 is 2.27 bits per heavy atom. The third-order valence-corrected chi connectivity index (χ3v) is 2.35. The molecule has 0 aliphatic heterocycles. The minimum absolute atomic E-state index is 0.210. The Morgan fingerprint density at radius 2 is 1.73 bits per heavy atom. The molecule has 0 fully saturated rings. The molecule has 0 aliphatic carbocycles. The van der Waals surface area contributed by atoms with Crippen molar-refractivity contribution in [2.24, 2.45) is 0 Å². The number of benzene rings is 1. The van der Waals surface area contributed by atoms with Gasteiger partial charge in [0.15, 0.2) is 11.5 Å². The van der Waals surface area contributed by atoms with Gasteiger partial charge in [-0.2, -0.15) is 0 Å². The van der Waals surface area contributed by atoms with Crippen molar-refractivity contribution in [2.75, 3.05) is 0 Å². The Kier molecular flexibility index (Phi) is 4.56. The summed E-state index contributed by atoms with van der Waals surface area (Å²) in [5, 5.41) is 0. The molecule has 0 radical (unpaired) electrons. The van der Waals surface area contributed by atoms with Crippen LogP contribution in [-0.4, -0.2) is 12.7 Å². The zero-order valence-corrected chi connectivity index (χ0v) is 10.5. The summed E-state index contributed by atoms with van der Waals surface area (Å²) in [6.07, 6.45) is -2.92. The van der Waals surface area contributed by atoms with Gasteiger partial charge in [-0.25, -0.2) is 8.78 Å². The number of ether oxygens (including phenoxy) is 2. The van der Waals surface area contributed by atoms with Crippen LogP contribution in [0.15, 0.2) is 18.2 Å². The highest BCUT2D eigenvalue weighted by Crippen LogP contribution is 2.34. The summed E-state index contributed by atoms with van der Waals surface area (Å²) in [7, 11) is 0. The van der Waals surface area contributed by atoms with E-state index in [1.165, 1.54) is 19.9 Å². The van der Waals surface area contributed by atoms with Crippen LogP contribution in [0.5, 0.6) is 11.5 Å². The topological polar surface area (TPSA) is 18.5 Å². The fourth-order valence-corrected chi connectivity index (χ4v) is 1.63. The van der Waals surface area contributed by atoms with Gasteiger partial charge >= 0.3 is 0 Å². The Bertz CT molecular complexity index is 329. The number of hydrogen-bond donors (Lipinski definition) is 0. The molecule has 2 atom stereocenters. The molecule has 2 unspecified atom stereocenters. The minimum Gasteiger partial charge on any atom is -0.457 e. The average molecular weight is 328 g/mol. The van der Waals surface area contributed by atoms with Crippen LogP contribution in [0.2, 0.25) is 0 Å². The molecule has 84 valence electrons. The van der Waals surface area contributed by atoms with Crippen molar-refractivity contribution in [3.05, 3.63) is 21.8 Å². The van der Waals surface area contributed by atoms with Gasteiger partial charge in [-0.1, -0.05) is 6.07 Å². The molecule has 0 amide bonds. The summed E-state index contributed by atoms with van der Waals surface area (Å²) in [6.45, 7) is 2.51. The smallest absolute Gasteiger partial charge is 0.236 e. The second kappa shape index (κ2) is 5.48. The van der Waals surface area contributed by atoms with Gasteiger partial charge in [0.05, 0.1) is 3.57 Å². The van der Waals surface area contributed by atoms with Gasteiger partial charge in [-0.05, 0) is 34.7 Å². The molecule has 1 rings (SSSR count). The lowest BCUT2D eigenvalue weighted by molar-refractivity contribution is 0.0576. The molecule has 0 aliphatic rings. The van der Waals surface area contributed by atoms with Gasteiger partial charge in [0.2, 0.25) is 12.7 Å². The molecule has 0 N–H and O–H groups in total. The minimum atomic E-state index is -1.46. The molecular formula is C10H11F2IO2. The van der Waals surface area contributed by atoms with Crippen molar-refractivity contribution in [1.82, 2.24) is 0 Å². The zero-order valence-electron chi connectivity index (χ0n) is 8.34. The molecule has 15 heavy (non-hydrogen) atoms. The van der Waals surface area contributed by atoms with Crippen molar-refractivity contribution in [3.63, 3.8) is 0 Å². The Labute approximate surface area is 101 Å². The van der Waals surface area contributed by atoms with Gasteiger partial charge in [0.25, 0.3) is 0 Å². The van der Waals surface area contributed by atoms with E-state index in [2.05, 4.69) is 0 Å². The molecule has 2 nitrogen and oxygen atoms in total. The molecule has 1 aromatic carbocycles. The maximum atomic E-state index is 12.7. The highest BCUT2D eigenvalue weighted by molar-refractivity contribution is 14.1. The molecular weight excluding hydrogens is 317 g/mol. The van der Waals surface area contributed by atoms with Crippen LogP contribution in [0, 0.1) is 3.57 Å². The SMILES string of the molecule is CC(F)Oc1cccc(I)c1OC(C)F. The van der Waals surface area contributed by atoms with Crippen LogP contribution in [-0.2, 0) is 0 Å². The van der Waals surface area contributed by atoms with E-state index in [4.69, 9.17) is 9.47 Å². The second-order valence-corrected chi connectivity index (χ2v) is 4.05. The Balaban J connectivity index is 2.97. The second-order valence-electron chi connectivity index (χ2n) is 2.89. The van der Waals surface area contributed by atoms with Crippen LogP contribution >= 0.6 is 22.6 Å². The van der Waals surface area contributed by atoms with E-state index in [0.717, 1.165) is 0 Å². The van der Waals surface area contributed by atoms with Crippen LogP contribution < -0.4 is 9.47 Å². The number of para-hydroxylation sites is 1. The summed E-state index contributed by atoms with van der Waals surface area (Å²) in [5.74, 6) is 0.444. The molecule has 0 spiro atoms. The van der Waals surface area contributed by atoms with Crippen LogP contribution in [0.25, 0.3) is 0 Å². The van der Waals surface area contributed by atoms with Crippen molar-refractivity contribution in [3.8, 4) is 11.5 Å². The highest BCUT2D eigenvalue weighted by atomic mass is 127. The van der Waals surface area contributed by atoms with Crippen LogP contribution in [0.1, 0.15) is 13.8 Å². The van der Waals surface area contributed by atoms with Crippen molar-refractivity contribution in [2.45, 2.75) is 26.6 Å². The molecule has 0 bridgehead atoms. The molecule has 0 heterocycles. The number of halogens is 3. The summed E-state index contributed by atoms with van der Waals surface area (Å²) in [5.41, 5.74) is 0. The summed E-state index contributed by atoms with van der Waals surface area (Å²) in [6, 6.07) is 4.96. The van der Waals surface area contributed by atoms with E-state index < -0.39 is 12.7 Å². The van der Waals surface area contributed by atoms with E-state index in [1.54, 1.807) is 12.1 Å². The Hall–Kier alpha value is -0.590. The summed E-state index contributed by atoms with van der Waals surface area (Å²) >= 11 is 1.97. The highest BCUT2D eigenvalue weighted by Gasteiger charge is 2.14. The van der Waals surface area contributed by atoms with Gasteiger partial charge < -0.3 is 9.47 Å². The van der Waals surface area contributed by atoms with E-state index in [-0.39, 0.29) is 11.5 Å². The van der Waals surface area contributed by atoms with Crippen molar-refractivity contribution >= 4 is 22.6 Å². The first-order valence-corrected chi connectivity index (χ1v) is 5.48. The van der Waals surface area contributed by atoms with Gasteiger partial charge in [0.1, 0.15) is 0 Å². The number of hydrogen-bond acceptors (Lipinski definition) is 2. The van der Waals surface area contributed by atoms with Crippen LogP contribution in [0.3, 0.4) is 0 Å². The predicted octanol–water partition coefficient (Wildman–Crippen LogP) is 3.68. The van der Waals surface area contributed by atoms with E-state index in [0.29, 0.717) is 3.57 Å². The first-order chi connectivity index (χ1) is 7.00. The number of alkyl halides is 2. The van der Waals surface area contributed by atoms with Crippen molar-refractivity contribution < 1.29 is 18.3 Å². The molecule has 0 saturated carbocycles. The summed E-state index contributed by atoms with van der Waals surface area (Å²) < 4.78 is 35.8. The number of rotatable bonds is 4. The quantitative estimate of drug-likeness (QED) is 0.785. The predicted molar refractivity (Wildman–Crippen MR) is 61.6 cm³/mol. The maximum Gasteiger partial charge on any atom is 0.236 e. The van der Waals surface area contributed by atoms with E-state index in [1.807, 2.05) is 22.6 Å². The lowest BCUT2D eigenvalue weighted by atomic mass is 10.3. The molecule has 1 aromatic rings. The molecule has 0 aromatic heterocycles. The first-order valence-electron chi connectivity index (χ1n) is 4.40. The zero-order chi connectivity index (χ0) is 11.4. The van der Waals surface area contributed by atoms with Gasteiger partial charge in [-0.15, -0.1) is 0 Å². The third-order valence-electron chi connectivity index (χ3n) is 1.50. The van der Waals surface area contributed by atoms with Crippen molar-refractivity contribution in [1.29, 1.82) is 0 Å². The lowest BCUT2D eigenvalue weighted by Crippen LogP contribution is -2.10. The van der Waals surface area contributed by atoms with Crippen LogP contribution in [0.4, 0.5) is 8.78 Å². The van der Waals surface area contributed by atoms with E-state index >= 15 is 0 Å². The van der Waals surface area contributed by atoms with Gasteiger partial charge in [-0.3, -0.25) is 0 Å². The van der Waals surface area contributed by atoms with E-state index in [9.17, 15) is 8.78 Å². The monoisotopic (exact) mass is 328 g/mol. The average Bonchev–Trinajstić information content (AvgIpc) is 2.09. The third kappa shape index (κ3) is 3.81. The fraction of sp³-hybridized carbons (Fsp3) is 0.400. The van der Waals surface area contributed by atoms with Gasteiger partial charge in [0, 0.05) is 13.8 Å². The first kappa shape index (κ1) is 12.5. The standard InChI is InChI=1S/C10H11F2IO2/c1-6(11)14-9-5-3-4-8(13)10(9)15-7(2)12/h3-7H,1-2H3. The lowest BCUT2D eigenvalue weighted by Gasteiger charge is -2.15. The Morgan fingerprint density at radius 1 is 1.13 bits per heavy atom. The fourth-order valence-electron chi connectivity index (χ4n) is 1.03. The largest absolute Gasteiger partial charge is 0.457 e. The maximum absolute atomic E-state index is 12.7. The normalized spacial score (nSPS) is 14.5. The molecule has 5 heteroatoms. The summed E-state index contributed by atoms with van der Waals surface area (Å²) in [4.78, 5) is 0.